The molecule has 162 valence electrons. The molecule has 0 atom stereocenters. The molecule has 1 aliphatic heterocycles. The van der Waals surface area contributed by atoms with Crippen LogP contribution in [0.4, 0.5) is 13.6 Å². The van der Waals surface area contributed by atoms with Crippen LogP contribution in [-0.2, 0) is 4.79 Å². The Labute approximate surface area is 185 Å². The molecule has 4 rings (SSSR count). The van der Waals surface area contributed by atoms with Gasteiger partial charge >= 0.3 is 0 Å². The highest BCUT2D eigenvalue weighted by atomic mass is 32.2. The molecular formula is C22H15F2N3O4S. The van der Waals surface area contributed by atoms with E-state index in [2.05, 4.69) is 10.5 Å². The molecule has 3 aromatic rings. The fourth-order valence-electron chi connectivity index (χ4n) is 2.94. The predicted octanol–water partition coefficient (Wildman–Crippen LogP) is 4.09. The van der Waals surface area contributed by atoms with Gasteiger partial charge in [-0.3, -0.25) is 19.3 Å². The first-order chi connectivity index (χ1) is 15.4. The Morgan fingerprint density at radius 1 is 1.09 bits per heavy atom. The van der Waals surface area contributed by atoms with Gasteiger partial charge in [-0.25, -0.2) is 8.78 Å². The highest BCUT2D eigenvalue weighted by Gasteiger charge is 2.34. The van der Waals surface area contributed by atoms with Gasteiger partial charge < -0.3 is 9.84 Å². The fourth-order valence-corrected chi connectivity index (χ4v) is 3.80. The Morgan fingerprint density at radius 2 is 1.88 bits per heavy atom. The van der Waals surface area contributed by atoms with Crippen LogP contribution in [0.5, 0.6) is 0 Å². The van der Waals surface area contributed by atoms with Gasteiger partial charge in [-0.15, -0.1) is 0 Å². The van der Waals surface area contributed by atoms with Crippen molar-refractivity contribution in [1.29, 1.82) is 0 Å². The number of benzene rings is 2. The maximum atomic E-state index is 13.3. The second kappa shape index (κ2) is 9.15. The number of carbonyl (C=O) groups is 3. The van der Waals surface area contributed by atoms with Crippen molar-refractivity contribution >= 4 is 34.9 Å². The molecule has 0 spiro atoms. The van der Waals surface area contributed by atoms with Crippen LogP contribution < -0.4 is 5.32 Å². The van der Waals surface area contributed by atoms with Crippen molar-refractivity contribution < 1.29 is 27.7 Å². The van der Waals surface area contributed by atoms with E-state index in [1.807, 2.05) is 0 Å². The van der Waals surface area contributed by atoms with Crippen molar-refractivity contribution in [2.24, 2.45) is 0 Å². The summed E-state index contributed by atoms with van der Waals surface area (Å²) in [6, 6.07) is 12.6. The van der Waals surface area contributed by atoms with Crippen molar-refractivity contribution in [2.75, 3.05) is 13.1 Å². The maximum absolute atomic E-state index is 13.3. The first kappa shape index (κ1) is 21.4. The first-order valence-corrected chi connectivity index (χ1v) is 10.2. The van der Waals surface area contributed by atoms with Gasteiger partial charge in [0.25, 0.3) is 17.1 Å². The Morgan fingerprint density at radius 3 is 2.62 bits per heavy atom. The van der Waals surface area contributed by atoms with E-state index in [9.17, 15) is 23.2 Å². The average Bonchev–Trinajstić information content (AvgIpc) is 3.36. The largest absolute Gasteiger partial charge is 0.350 e. The molecule has 0 unspecified atom stereocenters. The molecule has 1 saturated heterocycles. The van der Waals surface area contributed by atoms with Crippen LogP contribution in [0, 0.1) is 11.6 Å². The Balaban J connectivity index is 1.34. The summed E-state index contributed by atoms with van der Waals surface area (Å²) in [5.74, 6) is -2.02. The molecule has 0 bridgehead atoms. The lowest BCUT2D eigenvalue weighted by molar-refractivity contribution is -0.122. The van der Waals surface area contributed by atoms with Crippen molar-refractivity contribution in [3.8, 4) is 11.3 Å². The zero-order valence-corrected chi connectivity index (χ0v) is 17.2. The van der Waals surface area contributed by atoms with Crippen LogP contribution in [0.1, 0.15) is 16.1 Å². The molecule has 0 aliphatic carbocycles. The molecular weight excluding hydrogens is 440 g/mol. The SMILES string of the molecule is O=C(NCCN1C(=O)S/C(=C\c2ccc(F)cc2)C1=O)c1cc(-c2cccc(F)c2)no1. The predicted molar refractivity (Wildman–Crippen MR) is 113 cm³/mol. The molecule has 3 amide bonds. The summed E-state index contributed by atoms with van der Waals surface area (Å²) in [4.78, 5) is 38.2. The highest BCUT2D eigenvalue weighted by molar-refractivity contribution is 8.18. The van der Waals surface area contributed by atoms with Crippen LogP contribution in [-0.4, -0.2) is 40.2 Å². The summed E-state index contributed by atoms with van der Waals surface area (Å²) in [6.45, 7) is -0.0429. The zero-order chi connectivity index (χ0) is 22.7. The second-order valence-corrected chi connectivity index (χ2v) is 7.72. The summed E-state index contributed by atoms with van der Waals surface area (Å²) in [6.07, 6.45) is 1.51. The number of nitrogens with one attached hydrogen (secondary N) is 1. The lowest BCUT2D eigenvalue weighted by Gasteiger charge is -2.12. The minimum absolute atomic E-state index is 0.00327. The van der Waals surface area contributed by atoms with Crippen LogP contribution in [0.25, 0.3) is 17.3 Å². The molecule has 32 heavy (non-hydrogen) atoms. The topological polar surface area (TPSA) is 92.5 Å². The normalized spacial score (nSPS) is 14.9. The quantitative estimate of drug-likeness (QED) is 0.563. The number of amides is 3. The first-order valence-electron chi connectivity index (χ1n) is 9.42. The van der Waals surface area contributed by atoms with Crippen molar-refractivity contribution in [2.45, 2.75) is 0 Å². The average molecular weight is 455 g/mol. The number of rotatable bonds is 6. The van der Waals surface area contributed by atoms with Gasteiger partial charge in [-0.1, -0.05) is 29.4 Å². The van der Waals surface area contributed by atoms with Crippen molar-refractivity contribution in [3.05, 3.63) is 82.5 Å². The lowest BCUT2D eigenvalue weighted by Crippen LogP contribution is -2.37. The van der Waals surface area contributed by atoms with E-state index in [0.717, 1.165) is 16.7 Å². The van der Waals surface area contributed by atoms with Crippen LogP contribution in [0.15, 0.2) is 64.0 Å². The molecule has 2 aromatic carbocycles. The Hall–Kier alpha value is -3.79. The van der Waals surface area contributed by atoms with Crippen LogP contribution >= 0.6 is 11.8 Å². The second-order valence-electron chi connectivity index (χ2n) is 6.73. The smallest absolute Gasteiger partial charge is 0.293 e. The number of halogens is 2. The summed E-state index contributed by atoms with van der Waals surface area (Å²) >= 11 is 0.771. The van der Waals surface area contributed by atoms with Gasteiger partial charge in [0.1, 0.15) is 17.3 Å². The van der Waals surface area contributed by atoms with E-state index < -0.39 is 28.7 Å². The van der Waals surface area contributed by atoms with Gasteiger partial charge in [0, 0.05) is 24.7 Å². The number of aromatic nitrogens is 1. The van der Waals surface area contributed by atoms with Gasteiger partial charge in [-0.2, -0.15) is 0 Å². The summed E-state index contributed by atoms with van der Waals surface area (Å²) in [7, 11) is 0. The minimum atomic E-state index is -0.589. The third kappa shape index (κ3) is 4.75. The van der Waals surface area contributed by atoms with Gasteiger partial charge in [0.15, 0.2) is 0 Å². The van der Waals surface area contributed by atoms with Crippen molar-refractivity contribution in [1.82, 2.24) is 15.4 Å². The van der Waals surface area contributed by atoms with E-state index in [1.54, 1.807) is 6.07 Å². The number of hydrogen-bond acceptors (Lipinski definition) is 6. The zero-order valence-electron chi connectivity index (χ0n) is 16.4. The van der Waals surface area contributed by atoms with E-state index in [1.165, 1.54) is 54.6 Å². The standard InChI is InChI=1S/C22H15F2N3O4S/c23-15-6-4-13(5-7-15)10-19-21(29)27(22(30)32-19)9-8-25-20(28)18-12-17(26-31-18)14-2-1-3-16(24)11-14/h1-7,10-12H,8-9H2,(H,25,28)/b19-10-. The third-order valence-corrected chi connectivity index (χ3v) is 5.42. The molecule has 1 N–H and O–H groups in total. The molecule has 2 heterocycles. The third-order valence-electron chi connectivity index (χ3n) is 4.52. The van der Waals surface area contributed by atoms with Gasteiger partial charge in [0.2, 0.25) is 5.76 Å². The molecule has 7 nitrogen and oxygen atoms in total. The number of carbonyl (C=O) groups excluding carboxylic acids is 3. The summed E-state index contributed by atoms with van der Waals surface area (Å²) in [5, 5.41) is 5.84. The van der Waals surface area contributed by atoms with E-state index in [0.29, 0.717) is 16.8 Å². The highest BCUT2D eigenvalue weighted by Crippen LogP contribution is 2.31. The van der Waals surface area contributed by atoms with Crippen LogP contribution in [0.3, 0.4) is 0 Å². The maximum Gasteiger partial charge on any atom is 0.293 e. The molecule has 1 fully saturated rings. The number of hydrogen-bond donors (Lipinski definition) is 1. The van der Waals surface area contributed by atoms with Gasteiger partial charge in [-0.05, 0) is 47.7 Å². The minimum Gasteiger partial charge on any atom is -0.350 e. The monoisotopic (exact) mass is 455 g/mol. The Kier molecular flexibility index (Phi) is 6.13. The number of imide groups is 1. The van der Waals surface area contributed by atoms with Crippen LogP contribution in [0.2, 0.25) is 0 Å². The molecule has 1 aliphatic rings. The fraction of sp³-hybridized carbons (Fsp3) is 0.0909. The number of nitrogens with zero attached hydrogens (tertiary/aromatic N) is 2. The van der Waals surface area contributed by atoms with Crippen molar-refractivity contribution in [3.63, 3.8) is 0 Å². The molecule has 1 aromatic heterocycles. The lowest BCUT2D eigenvalue weighted by atomic mass is 10.1. The summed E-state index contributed by atoms with van der Waals surface area (Å²) < 4.78 is 31.4. The van der Waals surface area contributed by atoms with E-state index >= 15 is 0 Å². The molecule has 0 saturated carbocycles. The molecule has 0 radical (unpaired) electrons. The Bertz CT molecular complexity index is 1220. The van der Waals surface area contributed by atoms with Gasteiger partial charge in [0.05, 0.1) is 4.91 Å². The van der Waals surface area contributed by atoms with E-state index in [-0.39, 0.29) is 23.8 Å². The summed E-state index contributed by atoms with van der Waals surface area (Å²) in [5.41, 5.74) is 1.34. The number of thioether (sulfide) groups is 1. The molecule has 10 heteroatoms. The van der Waals surface area contributed by atoms with E-state index in [4.69, 9.17) is 4.52 Å².